The Morgan fingerprint density at radius 3 is 2.65 bits per heavy atom. The number of benzene rings is 2. The Bertz CT molecular complexity index is 718. The van der Waals surface area contributed by atoms with Crippen molar-refractivity contribution in [3.8, 4) is 6.07 Å². The molecule has 2 aromatic carbocycles. The lowest BCUT2D eigenvalue weighted by Gasteiger charge is -2.23. The maximum Gasteiger partial charge on any atom is 0.174 e. The van der Waals surface area contributed by atoms with Crippen LogP contribution in [0.1, 0.15) is 22.3 Å². The molecule has 0 N–H and O–H groups in total. The Morgan fingerprint density at radius 2 is 2.00 bits per heavy atom. The average Bonchev–Trinajstić information content (AvgIpc) is 2.87. The number of hydrogen-bond donors (Lipinski definition) is 0. The fraction of sp³-hybridized carbons (Fsp3) is 0.125. The van der Waals surface area contributed by atoms with E-state index in [9.17, 15) is 9.18 Å². The summed E-state index contributed by atoms with van der Waals surface area (Å²) in [7, 11) is 0. The van der Waals surface area contributed by atoms with Crippen molar-refractivity contribution in [2.75, 3.05) is 0 Å². The number of fused-ring (bicyclic) bond motifs is 1. The van der Waals surface area contributed by atoms with Crippen molar-refractivity contribution in [2.45, 2.75) is 12.2 Å². The molecule has 1 unspecified atom stereocenters. The van der Waals surface area contributed by atoms with Crippen LogP contribution in [0, 0.1) is 17.1 Å². The summed E-state index contributed by atoms with van der Waals surface area (Å²) in [4.78, 5) is 11.6. The van der Waals surface area contributed by atoms with Crippen LogP contribution in [0.5, 0.6) is 0 Å². The topological polar surface area (TPSA) is 50.1 Å². The molecule has 0 saturated heterocycles. The largest absolute Gasteiger partial charge is 0.353 e. The molecule has 0 aliphatic carbocycles. The summed E-state index contributed by atoms with van der Waals surface area (Å²) in [6.07, 6.45) is 0.720. The molecule has 0 saturated carbocycles. The van der Waals surface area contributed by atoms with Crippen molar-refractivity contribution < 1.29 is 13.9 Å². The molecular formula is C16H10FNO2. The monoisotopic (exact) mass is 267 g/mol. The van der Waals surface area contributed by atoms with Gasteiger partial charge >= 0.3 is 0 Å². The second-order valence-corrected chi connectivity index (χ2v) is 4.63. The van der Waals surface area contributed by atoms with Gasteiger partial charge in [0.25, 0.3) is 0 Å². The summed E-state index contributed by atoms with van der Waals surface area (Å²) in [5.74, 6) is -0.368. The van der Waals surface area contributed by atoms with E-state index < -0.39 is 5.60 Å². The van der Waals surface area contributed by atoms with Gasteiger partial charge in [0.2, 0.25) is 0 Å². The predicted molar refractivity (Wildman–Crippen MR) is 69.2 cm³/mol. The molecule has 0 radical (unpaired) electrons. The third kappa shape index (κ3) is 1.72. The van der Waals surface area contributed by atoms with E-state index >= 15 is 0 Å². The lowest BCUT2D eigenvalue weighted by Crippen LogP contribution is -2.28. The molecular weight excluding hydrogens is 257 g/mol. The maximum absolute atomic E-state index is 13.0. The predicted octanol–water partition coefficient (Wildman–Crippen LogP) is 2.67. The van der Waals surface area contributed by atoms with E-state index in [2.05, 4.69) is 6.07 Å². The number of hydrogen-bond acceptors (Lipinski definition) is 3. The molecule has 1 aliphatic rings. The zero-order valence-corrected chi connectivity index (χ0v) is 10.5. The number of rotatable bonds is 2. The van der Waals surface area contributed by atoms with Crippen molar-refractivity contribution >= 4 is 6.29 Å². The molecule has 3 nitrogen and oxygen atoms in total. The Labute approximate surface area is 115 Å². The van der Waals surface area contributed by atoms with Gasteiger partial charge in [-0.1, -0.05) is 18.2 Å². The molecule has 3 rings (SSSR count). The number of halogens is 1. The molecule has 20 heavy (non-hydrogen) atoms. The van der Waals surface area contributed by atoms with E-state index in [1.54, 1.807) is 18.2 Å². The molecule has 1 heterocycles. The minimum atomic E-state index is -1.21. The SMILES string of the molecule is N#Cc1ccc2c(c1)COC2(C=O)c1ccc(F)cc1. The third-order valence-electron chi connectivity index (χ3n) is 3.53. The first kappa shape index (κ1) is 12.5. The molecule has 2 aromatic rings. The smallest absolute Gasteiger partial charge is 0.174 e. The van der Waals surface area contributed by atoms with E-state index in [1.807, 2.05) is 0 Å². The van der Waals surface area contributed by atoms with Crippen molar-refractivity contribution in [3.05, 3.63) is 70.5 Å². The Balaban J connectivity index is 2.16. The fourth-order valence-electron chi connectivity index (χ4n) is 2.52. The van der Waals surface area contributed by atoms with Gasteiger partial charge in [-0.05, 0) is 35.4 Å². The van der Waals surface area contributed by atoms with E-state index in [-0.39, 0.29) is 12.4 Å². The highest BCUT2D eigenvalue weighted by Gasteiger charge is 2.41. The molecule has 0 aromatic heterocycles. The zero-order valence-electron chi connectivity index (χ0n) is 10.5. The number of ether oxygens (including phenoxy) is 1. The standard InChI is InChI=1S/C16H10FNO2/c17-14-4-2-13(3-5-14)16(10-19)15-6-1-11(8-18)7-12(15)9-20-16/h1-7,10H,9H2. The average molecular weight is 267 g/mol. The van der Waals surface area contributed by atoms with Crippen molar-refractivity contribution in [1.29, 1.82) is 5.26 Å². The van der Waals surface area contributed by atoms with Crippen LogP contribution in [-0.4, -0.2) is 6.29 Å². The summed E-state index contributed by atoms with van der Waals surface area (Å²) < 4.78 is 18.7. The summed E-state index contributed by atoms with van der Waals surface area (Å²) in [5.41, 5.74) is 1.40. The highest BCUT2D eigenvalue weighted by Crippen LogP contribution is 2.40. The van der Waals surface area contributed by atoms with Crippen LogP contribution in [0.4, 0.5) is 4.39 Å². The number of aldehydes is 1. The third-order valence-corrected chi connectivity index (χ3v) is 3.53. The van der Waals surface area contributed by atoms with Crippen LogP contribution < -0.4 is 0 Å². The Hall–Kier alpha value is -2.51. The van der Waals surface area contributed by atoms with Gasteiger partial charge in [0.15, 0.2) is 11.9 Å². The molecule has 4 heteroatoms. The van der Waals surface area contributed by atoms with Crippen LogP contribution in [0.2, 0.25) is 0 Å². The van der Waals surface area contributed by atoms with Gasteiger partial charge < -0.3 is 4.74 Å². The zero-order chi connectivity index (χ0) is 14.2. The van der Waals surface area contributed by atoms with E-state index in [0.29, 0.717) is 16.7 Å². The van der Waals surface area contributed by atoms with Gasteiger partial charge in [0.05, 0.1) is 18.2 Å². The normalized spacial score (nSPS) is 20.2. The van der Waals surface area contributed by atoms with Gasteiger partial charge in [-0.25, -0.2) is 4.39 Å². The second kappa shape index (κ2) is 4.55. The molecule has 98 valence electrons. The number of nitriles is 1. The molecule has 0 fully saturated rings. The van der Waals surface area contributed by atoms with E-state index in [0.717, 1.165) is 11.8 Å². The Morgan fingerprint density at radius 1 is 1.25 bits per heavy atom. The van der Waals surface area contributed by atoms with E-state index in [4.69, 9.17) is 10.00 Å². The van der Waals surface area contributed by atoms with Crippen LogP contribution in [0.3, 0.4) is 0 Å². The van der Waals surface area contributed by atoms with Crippen LogP contribution in [0.15, 0.2) is 42.5 Å². The van der Waals surface area contributed by atoms with E-state index in [1.165, 1.54) is 24.3 Å². The molecule has 0 bridgehead atoms. The van der Waals surface area contributed by atoms with Crippen LogP contribution >= 0.6 is 0 Å². The fourth-order valence-corrected chi connectivity index (χ4v) is 2.52. The van der Waals surface area contributed by atoms with Gasteiger partial charge in [0.1, 0.15) is 5.82 Å². The minimum absolute atomic E-state index is 0.251. The van der Waals surface area contributed by atoms with Crippen molar-refractivity contribution in [1.82, 2.24) is 0 Å². The quantitative estimate of drug-likeness (QED) is 0.786. The number of carbonyl (C=O) groups is 1. The summed E-state index contributed by atoms with van der Waals surface area (Å²) >= 11 is 0. The van der Waals surface area contributed by atoms with Crippen molar-refractivity contribution in [2.24, 2.45) is 0 Å². The molecule has 1 atom stereocenters. The second-order valence-electron chi connectivity index (χ2n) is 4.63. The Kier molecular flexibility index (Phi) is 2.85. The first-order chi connectivity index (χ1) is 9.69. The minimum Gasteiger partial charge on any atom is -0.353 e. The lowest BCUT2D eigenvalue weighted by molar-refractivity contribution is -0.125. The lowest BCUT2D eigenvalue weighted by atomic mass is 9.86. The number of carbonyl (C=O) groups excluding carboxylic acids is 1. The molecule has 0 amide bonds. The van der Waals surface area contributed by atoms with Gasteiger partial charge in [0, 0.05) is 5.56 Å². The number of nitrogens with zero attached hydrogens (tertiary/aromatic N) is 1. The van der Waals surface area contributed by atoms with Gasteiger partial charge in [-0.15, -0.1) is 0 Å². The van der Waals surface area contributed by atoms with Crippen molar-refractivity contribution in [3.63, 3.8) is 0 Å². The van der Waals surface area contributed by atoms with Crippen LogP contribution in [-0.2, 0) is 21.7 Å². The first-order valence-corrected chi connectivity index (χ1v) is 6.09. The molecule has 0 spiro atoms. The summed E-state index contributed by atoms with van der Waals surface area (Å²) in [5, 5.41) is 8.90. The van der Waals surface area contributed by atoms with Crippen LogP contribution in [0.25, 0.3) is 0 Å². The van der Waals surface area contributed by atoms with Gasteiger partial charge in [-0.3, -0.25) is 4.79 Å². The first-order valence-electron chi connectivity index (χ1n) is 6.09. The highest BCUT2D eigenvalue weighted by molar-refractivity contribution is 5.75. The summed E-state index contributed by atoms with van der Waals surface area (Å²) in [6.45, 7) is 0.251. The highest BCUT2D eigenvalue weighted by atomic mass is 19.1. The maximum atomic E-state index is 13.0. The molecule has 1 aliphatic heterocycles. The van der Waals surface area contributed by atoms with Gasteiger partial charge in [-0.2, -0.15) is 5.26 Å². The summed E-state index contributed by atoms with van der Waals surface area (Å²) in [6, 6.07) is 12.8.